The number of hydrogen-bond donors (Lipinski definition) is 1. The molecule has 0 radical (unpaired) electrons. The van der Waals surface area contributed by atoms with E-state index in [1.807, 2.05) is 14.1 Å². The Kier molecular flexibility index (Phi) is 3.32. The Bertz CT molecular complexity index is 477. The molecule has 4 nitrogen and oxygen atoms in total. The van der Waals surface area contributed by atoms with Crippen LogP contribution in [0, 0.1) is 6.92 Å². The maximum Gasteiger partial charge on any atom is 0.180 e. The van der Waals surface area contributed by atoms with Gasteiger partial charge in [0.1, 0.15) is 5.76 Å². The van der Waals surface area contributed by atoms with Crippen LogP contribution in [0.25, 0.3) is 0 Å². The Labute approximate surface area is 101 Å². The van der Waals surface area contributed by atoms with E-state index in [1.165, 1.54) is 17.6 Å². The molecule has 4 heteroatoms. The lowest BCUT2D eigenvalue weighted by atomic mass is 10.1. The number of aryl methyl sites for hydroxylation is 1. The van der Waals surface area contributed by atoms with Crippen LogP contribution in [0.15, 0.2) is 35.2 Å². The number of rotatable bonds is 4. The van der Waals surface area contributed by atoms with Gasteiger partial charge in [-0.25, -0.2) is 4.98 Å². The van der Waals surface area contributed by atoms with E-state index in [0.717, 1.165) is 11.4 Å². The minimum absolute atomic E-state index is 0.649. The smallest absolute Gasteiger partial charge is 0.180 e. The fraction of sp³-hybridized carbons (Fsp3) is 0.308. The Morgan fingerprint density at radius 3 is 2.82 bits per heavy atom. The van der Waals surface area contributed by atoms with Crippen molar-refractivity contribution >= 4 is 11.4 Å². The lowest BCUT2D eigenvalue weighted by molar-refractivity contribution is 0.512. The summed E-state index contributed by atoms with van der Waals surface area (Å²) < 4.78 is 5.17. The highest BCUT2D eigenvalue weighted by atomic mass is 16.3. The van der Waals surface area contributed by atoms with Crippen molar-refractivity contribution in [2.24, 2.45) is 0 Å². The number of benzene rings is 1. The summed E-state index contributed by atoms with van der Waals surface area (Å²) in [7, 11) is 4.09. The van der Waals surface area contributed by atoms with Crippen LogP contribution in [0.4, 0.5) is 11.4 Å². The predicted octanol–water partition coefficient (Wildman–Crippen LogP) is 2.66. The predicted molar refractivity (Wildman–Crippen MR) is 69.3 cm³/mol. The molecule has 0 bridgehead atoms. The number of nitrogens with one attached hydrogen (secondary N) is 1. The normalized spacial score (nSPS) is 10.3. The first kappa shape index (κ1) is 11.5. The van der Waals surface area contributed by atoms with Gasteiger partial charge in [0.2, 0.25) is 0 Å². The van der Waals surface area contributed by atoms with E-state index >= 15 is 0 Å². The average Bonchev–Trinajstić information content (AvgIpc) is 2.80. The van der Waals surface area contributed by atoms with Crippen LogP contribution in [-0.2, 0) is 6.54 Å². The summed E-state index contributed by atoms with van der Waals surface area (Å²) in [6.07, 6.45) is 3.16. The van der Waals surface area contributed by atoms with Crippen molar-refractivity contribution in [2.45, 2.75) is 13.5 Å². The molecule has 1 aromatic carbocycles. The van der Waals surface area contributed by atoms with E-state index < -0.39 is 0 Å². The molecule has 0 aliphatic heterocycles. The first-order chi connectivity index (χ1) is 8.16. The van der Waals surface area contributed by atoms with Gasteiger partial charge < -0.3 is 14.6 Å². The van der Waals surface area contributed by atoms with Crippen molar-refractivity contribution in [3.05, 3.63) is 42.1 Å². The van der Waals surface area contributed by atoms with Gasteiger partial charge in [-0.2, -0.15) is 0 Å². The molecule has 0 atom stereocenters. The largest absolute Gasteiger partial charge is 0.447 e. The topological polar surface area (TPSA) is 41.3 Å². The van der Waals surface area contributed by atoms with Crippen molar-refractivity contribution in [1.29, 1.82) is 0 Å². The van der Waals surface area contributed by atoms with Crippen LogP contribution in [0.5, 0.6) is 0 Å². The Balaban J connectivity index is 2.09. The Morgan fingerprint density at radius 2 is 2.18 bits per heavy atom. The highest BCUT2D eigenvalue weighted by molar-refractivity contribution is 5.61. The number of anilines is 2. The zero-order valence-corrected chi connectivity index (χ0v) is 10.4. The van der Waals surface area contributed by atoms with E-state index in [-0.39, 0.29) is 0 Å². The highest BCUT2D eigenvalue weighted by Gasteiger charge is 2.03. The standard InChI is InChI=1S/C13H17N3O/c1-10-4-5-11(6-13(10)16(2)3)15-8-12-7-14-9-17-12/h4-7,9,15H,8H2,1-3H3. The molecule has 2 rings (SSSR count). The van der Waals surface area contributed by atoms with Crippen LogP contribution >= 0.6 is 0 Å². The summed E-state index contributed by atoms with van der Waals surface area (Å²) in [6.45, 7) is 2.76. The second-order valence-corrected chi connectivity index (χ2v) is 4.22. The van der Waals surface area contributed by atoms with Gasteiger partial charge in [0.05, 0.1) is 12.7 Å². The molecule has 0 aliphatic carbocycles. The van der Waals surface area contributed by atoms with Crippen LogP contribution in [0.3, 0.4) is 0 Å². The maximum absolute atomic E-state index is 5.17. The van der Waals surface area contributed by atoms with Crippen LogP contribution < -0.4 is 10.2 Å². The van der Waals surface area contributed by atoms with Crippen molar-refractivity contribution < 1.29 is 4.42 Å². The number of aromatic nitrogens is 1. The first-order valence-electron chi connectivity index (χ1n) is 5.56. The summed E-state index contributed by atoms with van der Waals surface area (Å²) in [5.41, 5.74) is 3.56. The van der Waals surface area contributed by atoms with Gasteiger partial charge in [-0.05, 0) is 24.6 Å². The minimum Gasteiger partial charge on any atom is -0.447 e. The molecule has 0 unspecified atom stereocenters. The van der Waals surface area contributed by atoms with Crippen molar-refractivity contribution in [1.82, 2.24) is 4.98 Å². The Hall–Kier alpha value is -1.97. The van der Waals surface area contributed by atoms with Crippen LogP contribution in [-0.4, -0.2) is 19.1 Å². The zero-order valence-electron chi connectivity index (χ0n) is 10.4. The molecule has 0 amide bonds. The molecule has 1 heterocycles. The molecule has 90 valence electrons. The fourth-order valence-corrected chi connectivity index (χ4v) is 1.72. The van der Waals surface area contributed by atoms with E-state index in [1.54, 1.807) is 6.20 Å². The summed E-state index contributed by atoms with van der Waals surface area (Å²) in [6, 6.07) is 6.31. The average molecular weight is 231 g/mol. The first-order valence-corrected chi connectivity index (χ1v) is 5.56. The summed E-state index contributed by atoms with van der Waals surface area (Å²) >= 11 is 0. The Morgan fingerprint density at radius 1 is 1.35 bits per heavy atom. The van der Waals surface area contributed by atoms with E-state index in [9.17, 15) is 0 Å². The maximum atomic E-state index is 5.17. The van der Waals surface area contributed by atoms with Crippen molar-refractivity contribution in [3.8, 4) is 0 Å². The number of hydrogen-bond acceptors (Lipinski definition) is 4. The van der Waals surface area contributed by atoms with Crippen LogP contribution in [0.1, 0.15) is 11.3 Å². The molecule has 1 aromatic heterocycles. The molecular weight excluding hydrogens is 214 g/mol. The monoisotopic (exact) mass is 231 g/mol. The summed E-state index contributed by atoms with van der Waals surface area (Å²) in [4.78, 5) is 5.99. The molecule has 1 N–H and O–H groups in total. The van der Waals surface area contributed by atoms with Gasteiger partial charge in [0.25, 0.3) is 0 Å². The summed E-state index contributed by atoms with van der Waals surface area (Å²) in [5, 5.41) is 3.31. The lowest BCUT2D eigenvalue weighted by Gasteiger charge is -2.17. The molecule has 17 heavy (non-hydrogen) atoms. The third kappa shape index (κ3) is 2.78. The van der Waals surface area contributed by atoms with E-state index in [0.29, 0.717) is 6.54 Å². The molecule has 0 saturated heterocycles. The highest BCUT2D eigenvalue weighted by Crippen LogP contribution is 2.22. The summed E-state index contributed by atoms with van der Waals surface area (Å²) in [5.74, 6) is 0.831. The molecule has 0 aliphatic rings. The van der Waals surface area contributed by atoms with Crippen LogP contribution in [0.2, 0.25) is 0 Å². The number of nitrogens with zero attached hydrogens (tertiary/aromatic N) is 2. The van der Waals surface area contributed by atoms with Gasteiger partial charge in [0.15, 0.2) is 6.39 Å². The molecule has 0 spiro atoms. The van der Waals surface area contributed by atoms with Gasteiger partial charge in [-0.3, -0.25) is 0 Å². The third-order valence-corrected chi connectivity index (χ3v) is 2.64. The van der Waals surface area contributed by atoms with Gasteiger partial charge >= 0.3 is 0 Å². The second-order valence-electron chi connectivity index (χ2n) is 4.22. The molecule has 0 fully saturated rings. The lowest BCUT2D eigenvalue weighted by Crippen LogP contribution is -2.10. The SMILES string of the molecule is Cc1ccc(NCc2cnco2)cc1N(C)C. The van der Waals surface area contributed by atoms with Gasteiger partial charge in [-0.15, -0.1) is 0 Å². The molecular formula is C13H17N3O. The molecule has 0 saturated carbocycles. The van der Waals surface area contributed by atoms with E-state index in [2.05, 4.69) is 40.3 Å². The minimum atomic E-state index is 0.649. The van der Waals surface area contributed by atoms with E-state index in [4.69, 9.17) is 4.42 Å². The van der Waals surface area contributed by atoms with Crippen molar-refractivity contribution in [3.63, 3.8) is 0 Å². The quantitative estimate of drug-likeness (QED) is 0.878. The fourth-order valence-electron chi connectivity index (χ4n) is 1.72. The van der Waals surface area contributed by atoms with Crippen molar-refractivity contribution in [2.75, 3.05) is 24.3 Å². The third-order valence-electron chi connectivity index (χ3n) is 2.64. The second kappa shape index (κ2) is 4.91. The van der Waals surface area contributed by atoms with Gasteiger partial charge in [0, 0.05) is 25.5 Å². The zero-order chi connectivity index (χ0) is 12.3. The number of oxazole rings is 1. The van der Waals surface area contributed by atoms with Gasteiger partial charge in [-0.1, -0.05) is 6.07 Å². The molecule has 2 aromatic rings.